The van der Waals surface area contributed by atoms with E-state index in [0.717, 1.165) is 43.9 Å². The van der Waals surface area contributed by atoms with Crippen molar-refractivity contribution in [2.75, 3.05) is 18.5 Å². The number of hydrogen-bond donors (Lipinski definition) is 3. The van der Waals surface area contributed by atoms with Crippen molar-refractivity contribution < 1.29 is 18.3 Å². The van der Waals surface area contributed by atoms with Gasteiger partial charge in [-0.25, -0.2) is 9.97 Å². The largest absolute Gasteiger partial charge is 0.431 e. The van der Waals surface area contributed by atoms with Gasteiger partial charge in [0.15, 0.2) is 0 Å². The first-order chi connectivity index (χ1) is 15.0. The van der Waals surface area contributed by atoms with Crippen molar-refractivity contribution in [2.45, 2.75) is 50.0 Å². The minimum Gasteiger partial charge on any atom is -0.395 e. The van der Waals surface area contributed by atoms with E-state index < -0.39 is 11.9 Å². The molecule has 5 rings (SSSR count). The van der Waals surface area contributed by atoms with Gasteiger partial charge in [-0.1, -0.05) is 24.3 Å². The molecular weight excluding hydrogens is 407 g/mol. The summed E-state index contributed by atoms with van der Waals surface area (Å²) in [6.07, 6.45) is 0.599. The number of H-pyrrole nitrogens is 1. The zero-order valence-corrected chi connectivity index (χ0v) is 16.9. The van der Waals surface area contributed by atoms with Crippen LogP contribution in [0.4, 0.5) is 19.0 Å². The first-order valence-electron chi connectivity index (χ1n) is 10.6. The predicted octanol–water partition coefficient (Wildman–Crippen LogP) is 3.90. The van der Waals surface area contributed by atoms with Crippen LogP contribution in [0.15, 0.2) is 36.7 Å². The molecule has 164 valence electrons. The molecule has 0 saturated carbocycles. The molecule has 3 N–H and O–H groups in total. The number of halogens is 3. The molecule has 1 aliphatic heterocycles. The number of aliphatic hydroxyl groups excluding tert-OH is 1. The fraction of sp³-hybridized carbons (Fsp3) is 0.455. The van der Waals surface area contributed by atoms with Gasteiger partial charge in [0.1, 0.15) is 23.5 Å². The lowest BCUT2D eigenvalue weighted by molar-refractivity contribution is -0.140. The Balaban J connectivity index is 1.55. The highest BCUT2D eigenvalue weighted by Gasteiger charge is 2.39. The van der Waals surface area contributed by atoms with Gasteiger partial charge >= 0.3 is 6.18 Å². The molecule has 0 spiro atoms. The summed E-state index contributed by atoms with van der Waals surface area (Å²) in [6.45, 7) is 1.01. The van der Waals surface area contributed by atoms with Gasteiger partial charge in [-0.3, -0.25) is 4.90 Å². The number of rotatable bonds is 4. The summed E-state index contributed by atoms with van der Waals surface area (Å²) in [4.78, 5) is 13.0. The van der Waals surface area contributed by atoms with Crippen molar-refractivity contribution in [1.29, 1.82) is 0 Å². The average molecular weight is 431 g/mol. The average Bonchev–Trinajstić information content (AvgIpc) is 3.41. The van der Waals surface area contributed by atoms with Gasteiger partial charge in [-0.05, 0) is 49.4 Å². The molecule has 9 heteroatoms. The molecule has 1 aliphatic carbocycles. The van der Waals surface area contributed by atoms with Crippen LogP contribution in [-0.2, 0) is 12.6 Å². The molecule has 0 amide bonds. The Bertz CT molecular complexity index is 1080. The van der Waals surface area contributed by atoms with E-state index in [1.807, 2.05) is 12.1 Å². The first kappa shape index (κ1) is 20.3. The maximum atomic E-state index is 13.2. The lowest BCUT2D eigenvalue weighted by Crippen LogP contribution is -2.48. The zero-order valence-electron chi connectivity index (χ0n) is 16.9. The Morgan fingerprint density at radius 3 is 2.84 bits per heavy atom. The Morgan fingerprint density at radius 2 is 2.03 bits per heavy atom. The normalized spacial score (nSPS) is 24.5. The van der Waals surface area contributed by atoms with Crippen LogP contribution in [0, 0.1) is 0 Å². The van der Waals surface area contributed by atoms with E-state index in [0.29, 0.717) is 11.2 Å². The molecule has 1 saturated heterocycles. The van der Waals surface area contributed by atoms with E-state index in [1.54, 1.807) is 0 Å². The third-order valence-electron chi connectivity index (χ3n) is 6.57. The maximum absolute atomic E-state index is 13.2. The van der Waals surface area contributed by atoms with Crippen molar-refractivity contribution in [3.63, 3.8) is 0 Å². The highest BCUT2D eigenvalue weighted by atomic mass is 19.4. The molecule has 1 aromatic carbocycles. The second-order valence-electron chi connectivity index (χ2n) is 8.31. The smallest absolute Gasteiger partial charge is 0.395 e. The van der Waals surface area contributed by atoms with Gasteiger partial charge in [-0.15, -0.1) is 0 Å². The van der Waals surface area contributed by atoms with Gasteiger partial charge in [-0.2, -0.15) is 13.2 Å². The van der Waals surface area contributed by atoms with E-state index >= 15 is 0 Å². The Morgan fingerprint density at radius 1 is 1.19 bits per heavy atom. The Labute approximate surface area is 177 Å². The summed E-state index contributed by atoms with van der Waals surface area (Å²) in [5, 5.41) is 13.6. The number of alkyl halides is 3. The van der Waals surface area contributed by atoms with Crippen molar-refractivity contribution in [2.24, 2.45) is 0 Å². The highest BCUT2D eigenvalue weighted by Crippen LogP contribution is 2.39. The second kappa shape index (κ2) is 7.80. The van der Waals surface area contributed by atoms with E-state index in [1.165, 1.54) is 11.9 Å². The number of benzene rings is 1. The quantitative estimate of drug-likeness (QED) is 0.584. The Kier molecular flexibility index (Phi) is 5.10. The number of aromatic amines is 1. The van der Waals surface area contributed by atoms with E-state index in [9.17, 15) is 18.3 Å². The standard InChI is InChI=1S/C22H24F3N5O/c23-22(24,25)18-10-16-20(28-18)26-12-27-21(16)29-19-15-6-2-1-4-13(15)7-8-17(19)30-9-3-5-14(30)11-31/h1-2,4,6,10,12,14,17,19,31H,3,5,7-9,11H2,(H2,26,27,28,29)/t14-,17-,19-/m0/s1. The van der Waals surface area contributed by atoms with Crippen LogP contribution in [0.25, 0.3) is 11.0 Å². The fourth-order valence-corrected chi connectivity index (χ4v) is 5.12. The molecule has 1 fully saturated rings. The number of nitrogens with zero attached hydrogens (tertiary/aromatic N) is 3. The minimum atomic E-state index is -4.48. The van der Waals surface area contributed by atoms with Crippen LogP contribution in [0.3, 0.4) is 0 Å². The number of aromatic nitrogens is 3. The fourth-order valence-electron chi connectivity index (χ4n) is 5.12. The summed E-state index contributed by atoms with van der Waals surface area (Å²) in [7, 11) is 0. The summed E-state index contributed by atoms with van der Waals surface area (Å²) in [5.41, 5.74) is 1.67. The van der Waals surface area contributed by atoms with Crippen LogP contribution in [-0.4, -0.2) is 50.2 Å². The Hall–Kier alpha value is -2.65. The number of hydrogen-bond acceptors (Lipinski definition) is 5. The molecule has 3 atom stereocenters. The van der Waals surface area contributed by atoms with Crippen LogP contribution < -0.4 is 5.32 Å². The van der Waals surface area contributed by atoms with Crippen molar-refractivity contribution in [3.8, 4) is 0 Å². The summed E-state index contributed by atoms with van der Waals surface area (Å²) in [6, 6.07) is 9.29. The molecule has 0 bridgehead atoms. The lowest BCUT2D eigenvalue weighted by Gasteiger charge is -2.42. The van der Waals surface area contributed by atoms with Gasteiger partial charge in [0.25, 0.3) is 0 Å². The molecular formula is C22H24F3N5O. The van der Waals surface area contributed by atoms with Crippen LogP contribution in [0.2, 0.25) is 0 Å². The molecule has 3 aromatic rings. The predicted molar refractivity (Wildman–Crippen MR) is 111 cm³/mol. The molecule has 2 aliphatic rings. The third kappa shape index (κ3) is 3.65. The highest BCUT2D eigenvalue weighted by molar-refractivity contribution is 5.88. The number of nitrogens with one attached hydrogen (secondary N) is 2. The first-order valence-corrected chi connectivity index (χ1v) is 10.6. The van der Waals surface area contributed by atoms with Crippen molar-refractivity contribution in [3.05, 3.63) is 53.5 Å². The monoisotopic (exact) mass is 431 g/mol. The SMILES string of the molecule is OC[C@@H]1CCCN1[C@H]1CCc2ccccc2[C@@H]1Nc1ncnc2[nH]c(C(F)(F)F)cc12. The molecule has 2 aromatic heterocycles. The van der Waals surface area contributed by atoms with Crippen LogP contribution in [0.1, 0.15) is 42.1 Å². The van der Waals surface area contributed by atoms with E-state index in [4.69, 9.17) is 0 Å². The maximum Gasteiger partial charge on any atom is 0.431 e. The van der Waals surface area contributed by atoms with Crippen molar-refractivity contribution >= 4 is 16.9 Å². The lowest BCUT2D eigenvalue weighted by atomic mass is 9.83. The van der Waals surface area contributed by atoms with Crippen LogP contribution in [0.5, 0.6) is 0 Å². The topological polar surface area (TPSA) is 77.1 Å². The molecule has 3 heterocycles. The molecule has 0 radical (unpaired) electrons. The zero-order chi connectivity index (χ0) is 21.6. The third-order valence-corrected chi connectivity index (χ3v) is 6.57. The number of fused-ring (bicyclic) bond motifs is 2. The van der Waals surface area contributed by atoms with Crippen molar-refractivity contribution in [1.82, 2.24) is 19.9 Å². The number of aryl methyl sites for hydroxylation is 1. The number of likely N-dealkylation sites (tertiary alicyclic amines) is 1. The minimum absolute atomic E-state index is 0.106. The summed E-state index contributed by atoms with van der Waals surface area (Å²) in [5.74, 6) is 0.378. The van der Waals surface area contributed by atoms with E-state index in [-0.39, 0.29) is 30.4 Å². The molecule has 0 unspecified atom stereocenters. The summed E-state index contributed by atoms with van der Waals surface area (Å²) < 4.78 is 39.7. The number of anilines is 1. The molecule has 6 nitrogen and oxygen atoms in total. The van der Waals surface area contributed by atoms with Crippen LogP contribution >= 0.6 is 0 Å². The van der Waals surface area contributed by atoms with Gasteiger partial charge in [0.2, 0.25) is 0 Å². The second-order valence-corrected chi connectivity index (χ2v) is 8.31. The van der Waals surface area contributed by atoms with E-state index in [2.05, 4.69) is 37.3 Å². The van der Waals surface area contributed by atoms with Gasteiger partial charge in [0.05, 0.1) is 18.0 Å². The van der Waals surface area contributed by atoms with Gasteiger partial charge in [0, 0.05) is 12.1 Å². The molecule has 31 heavy (non-hydrogen) atoms. The number of aliphatic hydroxyl groups is 1. The summed E-state index contributed by atoms with van der Waals surface area (Å²) >= 11 is 0. The van der Waals surface area contributed by atoms with Gasteiger partial charge < -0.3 is 15.4 Å².